The van der Waals surface area contributed by atoms with Gasteiger partial charge >= 0.3 is 7.12 Å². The van der Waals surface area contributed by atoms with Gasteiger partial charge in [-0.25, -0.2) is 17.7 Å². The number of sulfonamides is 1. The zero-order chi connectivity index (χ0) is 17.4. The first-order chi connectivity index (χ1) is 11.9. The van der Waals surface area contributed by atoms with Crippen molar-refractivity contribution in [2.75, 3.05) is 18.8 Å². The summed E-state index contributed by atoms with van der Waals surface area (Å²) in [5.41, 5.74) is 2.01. The molecule has 1 saturated heterocycles. The molecule has 2 spiro atoms. The third kappa shape index (κ3) is 2.03. The van der Waals surface area contributed by atoms with E-state index in [4.69, 9.17) is 4.65 Å². The number of fused-ring (bicyclic) bond motifs is 4. The molecule has 0 bridgehead atoms. The maximum Gasteiger partial charge on any atom is 0.493 e. The van der Waals surface area contributed by atoms with E-state index < -0.39 is 22.7 Å². The number of aromatic amines is 1. The van der Waals surface area contributed by atoms with Crippen molar-refractivity contribution in [3.8, 4) is 0 Å². The topological polar surface area (TPSA) is 95.5 Å². The molecule has 2 aromatic heterocycles. The molecule has 0 radical (unpaired) electrons. The molecular formula is C16H20BN3O4S. The quantitative estimate of drug-likeness (QED) is 0.768. The first-order valence-corrected chi connectivity index (χ1v) is 10.3. The van der Waals surface area contributed by atoms with Crippen LogP contribution in [0.25, 0.3) is 11.0 Å². The van der Waals surface area contributed by atoms with Crippen molar-refractivity contribution < 1.29 is 18.1 Å². The summed E-state index contributed by atoms with van der Waals surface area (Å²) < 4.78 is 31.9. The van der Waals surface area contributed by atoms with Crippen LogP contribution in [0.5, 0.6) is 0 Å². The first kappa shape index (κ1) is 15.8. The molecule has 7 nitrogen and oxygen atoms in total. The van der Waals surface area contributed by atoms with Gasteiger partial charge < -0.3 is 14.7 Å². The van der Waals surface area contributed by atoms with Crippen LogP contribution < -0.4 is 5.46 Å². The molecule has 0 unspecified atom stereocenters. The maximum absolute atomic E-state index is 12.2. The van der Waals surface area contributed by atoms with Crippen LogP contribution in [-0.4, -0.2) is 53.7 Å². The second-order valence-corrected chi connectivity index (χ2v) is 9.82. The molecule has 25 heavy (non-hydrogen) atoms. The van der Waals surface area contributed by atoms with E-state index in [9.17, 15) is 13.4 Å². The van der Waals surface area contributed by atoms with Gasteiger partial charge in [-0.1, -0.05) is 6.92 Å². The van der Waals surface area contributed by atoms with Crippen molar-refractivity contribution in [1.29, 1.82) is 0 Å². The van der Waals surface area contributed by atoms with Crippen molar-refractivity contribution in [2.45, 2.75) is 31.8 Å². The molecule has 1 aliphatic carbocycles. The SMILES string of the molecule is CCCS(=O)(=O)N1CC2(C1)CC1(C2)OB(O)c2cnc3[nH]ccc3c21. The minimum Gasteiger partial charge on any atom is -0.423 e. The van der Waals surface area contributed by atoms with Crippen LogP contribution in [0, 0.1) is 5.41 Å². The predicted molar refractivity (Wildman–Crippen MR) is 93.8 cm³/mol. The van der Waals surface area contributed by atoms with Crippen molar-refractivity contribution in [2.24, 2.45) is 5.41 Å². The summed E-state index contributed by atoms with van der Waals surface area (Å²) in [6, 6.07) is 1.97. The van der Waals surface area contributed by atoms with E-state index in [1.54, 1.807) is 10.5 Å². The number of hydrogen-bond donors (Lipinski definition) is 2. The zero-order valence-electron chi connectivity index (χ0n) is 14.0. The summed E-state index contributed by atoms with van der Waals surface area (Å²) in [6.07, 6.45) is 5.64. The Bertz CT molecular complexity index is 959. The standard InChI is InChI=1S/C16H20BN3O4S/c1-2-5-25(22,23)20-9-15(10-20)7-16(8-15)13-11-3-4-18-14(11)19-6-12(13)17(21)24-16/h3-4,6,21H,2,5,7-10H2,1H3,(H,18,19). The monoisotopic (exact) mass is 361 g/mol. The normalized spacial score (nSPS) is 23.8. The van der Waals surface area contributed by atoms with E-state index in [0.29, 0.717) is 19.5 Å². The molecule has 3 aliphatic rings. The highest BCUT2D eigenvalue weighted by atomic mass is 32.2. The average molecular weight is 361 g/mol. The van der Waals surface area contributed by atoms with Gasteiger partial charge in [-0.15, -0.1) is 0 Å². The van der Waals surface area contributed by atoms with E-state index in [2.05, 4.69) is 9.97 Å². The summed E-state index contributed by atoms with van der Waals surface area (Å²) in [7, 11) is -4.08. The third-order valence-electron chi connectivity index (χ3n) is 5.87. The number of H-pyrrole nitrogens is 1. The molecule has 1 saturated carbocycles. The number of hydrogen-bond acceptors (Lipinski definition) is 5. The summed E-state index contributed by atoms with van der Waals surface area (Å²) in [5, 5.41) is 11.3. The Labute approximate surface area is 146 Å². The second-order valence-electron chi connectivity index (χ2n) is 7.73. The van der Waals surface area contributed by atoms with E-state index in [1.807, 2.05) is 19.2 Å². The highest BCUT2D eigenvalue weighted by Crippen LogP contribution is 2.62. The van der Waals surface area contributed by atoms with Crippen LogP contribution in [0.2, 0.25) is 0 Å². The fourth-order valence-electron chi connectivity index (χ4n) is 4.98. The lowest BCUT2D eigenvalue weighted by Gasteiger charge is -2.62. The molecule has 0 aromatic carbocycles. The predicted octanol–water partition coefficient (Wildman–Crippen LogP) is 0.312. The Morgan fingerprint density at radius 2 is 2.20 bits per heavy atom. The van der Waals surface area contributed by atoms with Gasteiger partial charge in [-0.3, -0.25) is 0 Å². The zero-order valence-corrected chi connectivity index (χ0v) is 14.8. The van der Waals surface area contributed by atoms with Crippen LogP contribution >= 0.6 is 0 Å². The van der Waals surface area contributed by atoms with Crippen LogP contribution in [0.3, 0.4) is 0 Å². The smallest absolute Gasteiger partial charge is 0.423 e. The molecule has 2 N–H and O–H groups in total. The van der Waals surface area contributed by atoms with Crippen LogP contribution in [0.4, 0.5) is 0 Å². The van der Waals surface area contributed by atoms with Gasteiger partial charge in [-0.05, 0) is 30.9 Å². The molecule has 4 heterocycles. The van der Waals surface area contributed by atoms with Crippen molar-refractivity contribution >= 4 is 33.6 Å². The Hall–Kier alpha value is -1.42. The Morgan fingerprint density at radius 1 is 1.44 bits per heavy atom. The lowest BCUT2D eigenvalue weighted by Crippen LogP contribution is -2.68. The molecule has 2 aromatic rings. The van der Waals surface area contributed by atoms with Crippen molar-refractivity contribution in [3.05, 3.63) is 24.0 Å². The number of pyridine rings is 1. The minimum atomic E-state index is -3.12. The Balaban J connectivity index is 1.42. The second kappa shape index (κ2) is 4.85. The lowest BCUT2D eigenvalue weighted by atomic mass is 9.54. The number of aromatic nitrogens is 2. The van der Waals surface area contributed by atoms with Crippen LogP contribution in [0.1, 0.15) is 31.7 Å². The summed E-state index contributed by atoms with van der Waals surface area (Å²) in [5.74, 6) is 0.210. The fourth-order valence-corrected chi connectivity index (χ4v) is 6.70. The van der Waals surface area contributed by atoms with Crippen molar-refractivity contribution in [3.63, 3.8) is 0 Å². The highest BCUT2D eigenvalue weighted by Gasteiger charge is 2.66. The van der Waals surface area contributed by atoms with Gasteiger partial charge in [0.05, 0.1) is 11.4 Å². The molecule has 0 amide bonds. The fraction of sp³-hybridized carbons (Fsp3) is 0.562. The maximum atomic E-state index is 12.2. The van der Waals surface area contributed by atoms with Gasteiger partial charge in [0.1, 0.15) is 5.65 Å². The minimum absolute atomic E-state index is 0.0198. The van der Waals surface area contributed by atoms with Gasteiger partial charge in [-0.2, -0.15) is 0 Å². The summed E-state index contributed by atoms with van der Waals surface area (Å²) in [6.45, 7) is 3.01. The summed E-state index contributed by atoms with van der Waals surface area (Å²) >= 11 is 0. The Morgan fingerprint density at radius 3 is 2.92 bits per heavy atom. The average Bonchev–Trinajstić information content (AvgIpc) is 3.04. The molecule has 2 aliphatic heterocycles. The molecule has 0 atom stereocenters. The molecule has 132 valence electrons. The highest BCUT2D eigenvalue weighted by molar-refractivity contribution is 7.89. The number of nitrogens with one attached hydrogen (secondary N) is 1. The van der Waals surface area contributed by atoms with Gasteiger partial charge in [0.25, 0.3) is 0 Å². The third-order valence-corrected chi connectivity index (χ3v) is 7.84. The molecular weight excluding hydrogens is 341 g/mol. The van der Waals surface area contributed by atoms with E-state index in [-0.39, 0.29) is 11.2 Å². The van der Waals surface area contributed by atoms with E-state index in [1.165, 1.54) is 0 Å². The lowest BCUT2D eigenvalue weighted by molar-refractivity contribution is -0.162. The van der Waals surface area contributed by atoms with Crippen molar-refractivity contribution in [1.82, 2.24) is 14.3 Å². The van der Waals surface area contributed by atoms with Gasteiger partial charge in [0, 0.05) is 41.7 Å². The van der Waals surface area contributed by atoms with Gasteiger partial charge in [0.2, 0.25) is 10.0 Å². The van der Waals surface area contributed by atoms with E-state index >= 15 is 0 Å². The number of rotatable bonds is 3. The van der Waals surface area contributed by atoms with E-state index in [0.717, 1.165) is 34.9 Å². The number of nitrogens with zero attached hydrogens (tertiary/aromatic N) is 2. The first-order valence-electron chi connectivity index (χ1n) is 8.68. The summed E-state index contributed by atoms with van der Waals surface area (Å²) in [4.78, 5) is 7.44. The van der Waals surface area contributed by atoms with Crippen LogP contribution in [0.15, 0.2) is 18.5 Å². The largest absolute Gasteiger partial charge is 0.493 e. The van der Waals surface area contributed by atoms with Gasteiger partial charge in [0.15, 0.2) is 0 Å². The Kier molecular flexibility index (Phi) is 3.07. The molecule has 2 fully saturated rings. The molecule has 5 rings (SSSR count). The van der Waals surface area contributed by atoms with Crippen LogP contribution in [-0.2, 0) is 20.3 Å². The molecule has 9 heteroatoms.